The minimum atomic E-state index is -1.68. The Labute approximate surface area is 90.2 Å². The van der Waals surface area contributed by atoms with Crippen molar-refractivity contribution >= 4 is 23.7 Å². The Bertz CT molecular complexity index is 474. The zero-order valence-electron chi connectivity index (χ0n) is 8.66. The number of hydrogen-bond acceptors (Lipinski definition) is 4. The summed E-state index contributed by atoms with van der Waals surface area (Å²) in [5, 5.41) is 10.3. The molecule has 2 amide bonds. The second-order valence-corrected chi connectivity index (χ2v) is 3.11. The number of carbonyl (C=O) groups is 3. The van der Waals surface area contributed by atoms with Gasteiger partial charge in [0.1, 0.15) is 11.3 Å². The lowest BCUT2D eigenvalue weighted by molar-refractivity contribution is -0.147. The summed E-state index contributed by atoms with van der Waals surface area (Å²) in [6.45, 7) is 3.15. The molecule has 0 fully saturated rings. The number of carboxylic acid groups (broad SMARTS) is 1. The number of primary amides is 1. The minimum absolute atomic E-state index is 0.0212. The van der Waals surface area contributed by atoms with Gasteiger partial charge in [-0.15, -0.1) is 0 Å². The summed E-state index contributed by atoms with van der Waals surface area (Å²) >= 11 is 0. The third-order valence-electron chi connectivity index (χ3n) is 2.05. The van der Waals surface area contributed by atoms with Gasteiger partial charge in [-0.3, -0.25) is 14.9 Å². The summed E-state index contributed by atoms with van der Waals surface area (Å²) in [4.78, 5) is 32.3. The monoisotopic (exact) mass is 226 g/mol. The highest BCUT2D eigenvalue weighted by atomic mass is 16.4. The molecule has 0 radical (unpaired) electrons. The SMILES string of the molecule is Cc1oc(NC(=O)C(=O)O)c(C(N)=O)c1C. The molecular weight excluding hydrogens is 216 g/mol. The van der Waals surface area contributed by atoms with Crippen molar-refractivity contribution in [1.29, 1.82) is 0 Å². The van der Waals surface area contributed by atoms with Crippen molar-refractivity contribution in [2.45, 2.75) is 13.8 Å². The number of aryl methyl sites for hydroxylation is 1. The molecule has 0 saturated carbocycles. The first-order valence-electron chi connectivity index (χ1n) is 4.28. The molecule has 0 aromatic carbocycles. The van der Waals surface area contributed by atoms with E-state index >= 15 is 0 Å². The molecule has 0 spiro atoms. The van der Waals surface area contributed by atoms with E-state index in [1.807, 2.05) is 5.32 Å². The fourth-order valence-corrected chi connectivity index (χ4v) is 1.17. The molecule has 86 valence electrons. The number of carbonyl (C=O) groups excluding carboxylic acids is 2. The van der Waals surface area contributed by atoms with E-state index in [0.29, 0.717) is 11.3 Å². The maximum absolute atomic E-state index is 11.1. The van der Waals surface area contributed by atoms with Gasteiger partial charge < -0.3 is 15.3 Å². The summed E-state index contributed by atoms with van der Waals surface area (Å²) in [5.41, 5.74) is 5.53. The molecule has 0 aliphatic carbocycles. The molecule has 1 rings (SSSR count). The van der Waals surface area contributed by atoms with E-state index in [2.05, 4.69) is 0 Å². The molecule has 0 aliphatic rings. The molecular formula is C9H10N2O5. The van der Waals surface area contributed by atoms with Gasteiger partial charge in [-0.25, -0.2) is 4.79 Å². The van der Waals surface area contributed by atoms with Gasteiger partial charge in [-0.2, -0.15) is 0 Å². The van der Waals surface area contributed by atoms with Crippen molar-refractivity contribution in [1.82, 2.24) is 0 Å². The Morgan fingerprint density at radius 1 is 1.31 bits per heavy atom. The number of carboxylic acids is 1. The van der Waals surface area contributed by atoms with Crippen LogP contribution in [0.4, 0.5) is 5.88 Å². The Kier molecular flexibility index (Phi) is 2.98. The number of furan rings is 1. The van der Waals surface area contributed by atoms with E-state index < -0.39 is 17.8 Å². The second kappa shape index (κ2) is 4.05. The van der Waals surface area contributed by atoms with Crippen molar-refractivity contribution in [3.05, 3.63) is 16.9 Å². The number of nitrogens with one attached hydrogen (secondary N) is 1. The van der Waals surface area contributed by atoms with E-state index in [1.54, 1.807) is 13.8 Å². The summed E-state index contributed by atoms with van der Waals surface area (Å²) < 4.78 is 5.03. The Hall–Kier alpha value is -2.31. The Morgan fingerprint density at radius 3 is 2.31 bits per heavy atom. The molecule has 16 heavy (non-hydrogen) atoms. The van der Waals surface area contributed by atoms with Crippen molar-refractivity contribution in [3.8, 4) is 0 Å². The van der Waals surface area contributed by atoms with Crippen molar-refractivity contribution < 1.29 is 23.9 Å². The molecule has 1 heterocycles. The van der Waals surface area contributed by atoms with Crippen LogP contribution < -0.4 is 11.1 Å². The molecule has 4 N–H and O–H groups in total. The van der Waals surface area contributed by atoms with Crippen LogP contribution in [0.25, 0.3) is 0 Å². The third-order valence-corrected chi connectivity index (χ3v) is 2.05. The highest BCUT2D eigenvalue weighted by Gasteiger charge is 2.22. The Balaban J connectivity index is 3.14. The lowest BCUT2D eigenvalue weighted by Crippen LogP contribution is -2.23. The maximum atomic E-state index is 11.1. The average molecular weight is 226 g/mol. The summed E-state index contributed by atoms with van der Waals surface area (Å²) in [7, 11) is 0. The first-order chi connectivity index (χ1) is 7.34. The fraction of sp³-hybridized carbons (Fsp3) is 0.222. The summed E-state index contributed by atoms with van der Waals surface area (Å²) in [6.07, 6.45) is 0. The third kappa shape index (κ3) is 2.02. The van der Waals surface area contributed by atoms with Gasteiger partial charge in [0.05, 0.1) is 0 Å². The molecule has 7 nitrogen and oxygen atoms in total. The normalized spacial score (nSPS) is 9.88. The van der Waals surface area contributed by atoms with Gasteiger partial charge in [0.2, 0.25) is 5.88 Å². The molecule has 0 bridgehead atoms. The van der Waals surface area contributed by atoms with Crippen molar-refractivity contribution in [2.24, 2.45) is 5.73 Å². The summed E-state index contributed by atoms with van der Waals surface area (Å²) in [5.74, 6) is -3.63. The van der Waals surface area contributed by atoms with Gasteiger partial charge in [0.15, 0.2) is 0 Å². The number of aliphatic carboxylic acids is 1. The van der Waals surface area contributed by atoms with Crippen molar-refractivity contribution in [2.75, 3.05) is 5.32 Å². The molecule has 0 unspecified atom stereocenters. The second-order valence-electron chi connectivity index (χ2n) is 3.11. The lowest BCUT2D eigenvalue weighted by Gasteiger charge is -1.99. The van der Waals surface area contributed by atoms with Gasteiger partial charge >= 0.3 is 11.9 Å². The van der Waals surface area contributed by atoms with E-state index in [-0.39, 0.29) is 11.4 Å². The molecule has 1 aromatic heterocycles. The number of nitrogens with two attached hydrogens (primary N) is 1. The molecule has 7 heteroatoms. The summed E-state index contributed by atoms with van der Waals surface area (Å²) in [6, 6.07) is 0. The van der Waals surface area contributed by atoms with Crippen LogP contribution in [0.3, 0.4) is 0 Å². The molecule has 1 aromatic rings. The molecule has 0 saturated heterocycles. The number of rotatable bonds is 2. The van der Waals surface area contributed by atoms with Crippen LogP contribution >= 0.6 is 0 Å². The van der Waals surface area contributed by atoms with E-state index in [1.165, 1.54) is 0 Å². The quantitative estimate of drug-likeness (QED) is 0.613. The predicted octanol–water partition coefficient (Wildman–Crippen LogP) is 0.0184. The van der Waals surface area contributed by atoms with Gasteiger partial charge in [0.25, 0.3) is 5.91 Å². The van der Waals surface area contributed by atoms with Crippen LogP contribution in [-0.4, -0.2) is 22.9 Å². The van der Waals surface area contributed by atoms with E-state index in [4.69, 9.17) is 15.3 Å². The zero-order valence-corrected chi connectivity index (χ0v) is 8.66. The van der Waals surface area contributed by atoms with Crippen LogP contribution in [-0.2, 0) is 9.59 Å². The van der Waals surface area contributed by atoms with Gasteiger partial charge in [-0.1, -0.05) is 0 Å². The maximum Gasteiger partial charge on any atom is 0.394 e. The minimum Gasteiger partial charge on any atom is -0.474 e. The predicted molar refractivity (Wildman–Crippen MR) is 53.0 cm³/mol. The van der Waals surface area contributed by atoms with Gasteiger partial charge in [0, 0.05) is 5.56 Å². The number of anilines is 1. The van der Waals surface area contributed by atoms with E-state index in [0.717, 1.165) is 0 Å². The molecule has 0 aliphatic heterocycles. The van der Waals surface area contributed by atoms with E-state index in [9.17, 15) is 14.4 Å². The first-order valence-corrected chi connectivity index (χ1v) is 4.28. The Morgan fingerprint density at radius 2 is 1.88 bits per heavy atom. The van der Waals surface area contributed by atoms with Crippen LogP contribution in [0.15, 0.2) is 4.42 Å². The highest BCUT2D eigenvalue weighted by Crippen LogP contribution is 2.25. The standard InChI is InChI=1S/C9H10N2O5/c1-3-4(2)16-8(5(3)6(10)12)11-7(13)9(14)15/h1-2H3,(H2,10,12)(H,11,13)(H,14,15). The average Bonchev–Trinajstić information content (AvgIpc) is 2.42. The fourth-order valence-electron chi connectivity index (χ4n) is 1.17. The first kappa shape index (κ1) is 11.8. The number of amides is 2. The zero-order chi connectivity index (χ0) is 12.5. The van der Waals surface area contributed by atoms with Crippen LogP contribution in [0.2, 0.25) is 0 Å². The van der Waals surface area contributed by atoms with Crippen LogP contribution in [0.5, 0.6) is 0 Å². The van der Waals surface area contributed by atoms with Crippen LogP contribution in [0.1, 0.15) is 21.7 Å². The van der Waals surface area contributed by atoms with Crippen LogP contribution in [0, 0.1) is 13.8 Å². The largest absolute Gasteiger partial charge is 0.474 e. The van der Waals surface area contributed by atoms with Crippen molar-refractivity contribution in [3.63, 3.8) is 0 Å². The lowest BCUT2D eigenvalue weighted by atomic mass is 10.1. The number of hydrogen-bond donors (Lipinski definition) is 3. The smallest absolute Gasteiger partial charge is 0.394 e. The highest BCUT2D eigenvalue weighted by molar-refractivity contribution is 6.36. The molecule has 0 atom stereocenters. The topological polar surface area (TPSA) is 123 Å². The van der Waals surface area contributed by atoms with Gasteiger partial charge in [-0.05, 0) is 13.8 Å².